The van der Waals surface area contributed by atoms with Crippen LogP contribution in [0.4, 0.5) is 8.78 Å². The molecule has 2 nitrogen and oxygen atoms in total. The molecular weight excluding hydrogens is 236 g/mol. The minimum atomic E-state index is -2.83. The van der Waals surface area contributed by atoms with E-state index in [0.717, 1.165) is 12.8 Å². The first kappa shape index (κ1) is 15.1. The van der Waals surface area contributed by atoms with Crippen molar-refractivity contribution in [2.75, 3.05) is 19.7 Å². The van der Waals surface area contributed by atoms with Gasteiger partial charge in [-0.15, -0.1) is 0 Å². The lowest BCUT2D eigenvalue weighted by molar-refractivity contribution is -0.00309. The minimum absolute atomic E-state index is 0.0428. The molecule has 0 aliphatic rings. The summed E-state index contributed by atoms with van der Waals surface area (Å²) in [5, 5.41) is 11.6. The third-order valence-corrected chi connectivity index (χ3v) is 2.91. The number of aliphatic hydroxyl groups is 1. The molecule has 0 spiro atoms. The maximum Gasteiger partial charge on any atom is 0.285 e. The summed E-state index contributed by atoms with van der Waals surface area (Å²) in [6.07, 6.45) is 1.65. The highest BCUT2D eigenvalue weighted by atomic mass is 19.3. The summed E-state index contributed by atoms with van der Waals surface area (Å²) in [6.45, 7) is 2.30. The maximum atomic E-state index is 13.7. The summed E-state index contributed by atoms with van der Waals surface area (Å²) in [5.41, 5.74) is 0.0428. The fourth-order valence-electron chi connectivity index (χ4n) is 1.70. The van der Waals surface area contributed by atoms with Crippen LogP contribution in [0.25, 0.3) is 0 Å². The number of aliphatic hydroxyl groups excluding tert-OH is 1. The van der Waals surface area contributed by atoms with E-state index in [0.29, 0.717) is 6.54 Å². The molecule has 0 amide bonds. The number of halogens is 2. The number of alkyl halides is 2. The van der Waals surface area contributed by atoms with Crippen LogP contribution in [0.3, 0.4) is 0 Å². The summed E-state index contributed by atoms with van der Waals surface area (Å²) in [5.74, 6) is -2.59. The lowest BCUT2D eigenvalue weighted by Gasteiger charge is -2.17. The van der Waals surface area contributed by atoms with E-state index in [4.69, 9.17) is 5.11 Å². The standard InChI is InChI=1S/C14H21F2NO/c1-12(10-18)6-5-9-17-11-14(15,16)13-7-3-2-4-8-13/h2-4,7-8,12,17-18H,5-6,9-11H2,1H3. The molecule has 0 saturated heterocycles. The van der Waals surface area contributed by atoms with Crippen LogP contribution in [0.15, 0.2) is 30.3 Å². The van der Waals surface area contributed by atoms with Crippen molar-refractivity contribution in [2.24, 2.45) is 5.92 Å². The van der Waals surface area contributed by atoms with Gasteiger partial charge in [-0.1, -0.05) is 37.3 Å². The first-order valence-electron chi connectivity index (χ1n) is 6.31. The molecule has 1 rings (SSSR count). The van der Waals surface area contributed by atoms with Crippen LogP contribution < -0.4 is 5.32 Å². The summed E-state index contributed by atoms with van der Waals surface area (Å²) in [4.78, 5) is 0. The highest BCUT2D eigenvalue weighted by Gasteiger charge is 2.30. The molecule has 4 heteroatoms. The second kappa shape index (κ2) is 7.44. The Kier molecular flexibility index (Phi) is 6.22. The topological polar surface area (TPSA) is 32.3 Å². The molecule has 18 heavy (non-hydrogen) atoms. The summed E-state index contributed by atoms with van der Waals surface area (Å²) in [7, 11) is 0. The van der Waals surface area contributed by atoms with E-state index in [9.17, 15) is 8.78 Å². The van der Waals surface area contributed by atoms with E-state index >= 15 is 0 Å². The second-order valence-electron chi connectivity index (χ2n) is 4.68. The van der Waals surface area contributed by atoms with Gasteiger partial charge in [0.25, 0.3) is 5.92 Å². The van der Waals surface area contributed by atoms with E-state index in [-0.39, 0.29) is 24.6 Å². The minimum Gasteiger partial charge on any atom is -0.396 e. The van der Waals surface area contributed by atoms with Gasteiger partial charge in [0, 0.05) is 12.2 Å². The van der Waals surface area contributed by atoms with Gasteiger partial charge in [0.1, 0.15) is 0 Å². The van der Waals surface area contributed by atoms with Crippen LogP contribution in [0, 0.1) is 5.92 Å². The molecular formula is C14H21F2NO. The lowest BCUT2D eigenvalue weighted by atomic mass is 10.1. The van der Waals surface area contributed by atoms with E-state index in [1.807, 2.05) is 6.92 Å². The third kappa shape index (κ3) is 5.10. The van der Waals surface area contributed by atoms with E-state index in [1.54, 1.807) is 18.2 Å². The normalized spacial score (nSPS) is 13.6. The smallest absolute Gasteiger partial charge is 0.285 e. The van der Waals surface area contributed by atoms with Gasteiger partial charge in [0.05, 0.1) is 6.54 Å². The van der Waals surface area contributed by atoms with E-state index < -0.39 is 5.92 Å². The fraction of sp³-hybridized carbons (Fsp3) is 0.571. The Morgan fingerprint density at radius 2 is 1.94 bits per heavy atom. The van der Waals surface area contributed by atoms with Gasteiger partial charge in [0.2, 0.25) is 0 Å². The zero-order valence-electron chi connectivity index (χ0n) is 10.7. The van der Waals surface area contributed by atoms with Gasteiger partial charge in [-0.2, -0.15) is 8.78 Å². The summed E-state index contributed by atoms with van der Waals surface area (Å²) >= 11 is 0. The van der Waals surface area contributed by atoms with Crippen molar-refractivity contribution in [3.8, 4) is 0 Å². The number of nitrogens with one attached hydrogen (secondary N) is 1. The van der Waals surface area contributed by atoms with Crippen molar-refractivity contribution in [1.82, 2.24) is 5.32 Å². The van der Waals surface area contributed by atoms with Crippen LogP contribution in [0.1, 0.15) is 25.3 Å². The van der Waals surface area contributed by atoms with Gasteiger partial charge >= 0.3 is 0 Å². The van der Waals surface area contributed by atoms with Gasteiger partial charge < -0.3 is 10.4 Å². The van der Waals surface area contributed by atoms with Crippen molar-refractivity contribution in [2.45, 2.75) is 25.7 Å². The molecule has 1 unspecified atom stereocenters. The van der Waals surface area contributed by atoms with Gasteiger partial charge in [0.15, 0.2) is 0 Å². The van der Waals surface area contributed by atoms with Gasteiger partial charge in [-0.3, -0.25) is 0 Å². The zero-order valence-corrected chi connectivity index (χ0v) is 10.7. The number of hydrogen-bond acceptors (Lipinski definition) is 2. The van der Waals surface area contributed by atoms with E-state index in [2.05, 4.69) is 5.32 Å². The molecule has 0 bridgehead atoms. The fourth-order valence-corrected chi connectivity index (χ4v) is 1.70. The van der Waals surface area contributed by atoms with Crippen LogP contribution in [-0.4, -0.2) is 24.8 Å². The molecule has 0 saturated carbocycles. The van der Waals surface area contributed by atoms with Crippen LogP contribution in [0.2, 0.25) is 0 Å². The SMILES string of the molecule is CC(CO)CCCNCC(F)(F)c1ccccc1. The van der Waals surface area contributed by atoms with E-state index in [1.165, 1.54) is 12.1 Å². The molecule has 0 aromatic heterocycles. The average molecular weight is 257 g/mol. The second-order valence-corrected chi connectivity index (χ2v) is 4.68. The molecule has 0 heterocycles. The number of benzene rings is 1. The number of rotatable bonds is 8. The lowest BCUT2D eigenvalue weighted by Crippen LogP contribution is -2.31. The molecule has 1 aromatic carbocycles. The van der Waals surface area contributed by atoms with Crippen molar-refractivity contribution >= 4 is 0 Å². The largest absolute Gasteiger partial charge is 0.396 e. The monoisotopic (exact) mass is 257 g/mol. The first-order valence-corrected chi connectivity index (χ1v) is 6.31. The Balaban J connectivity index is 2.26. The maximum absolute atomic E-state index is 13.7. The third-order valence-electron chi connectivity index (χ3n) is 2.91. The Morgan fingerprint density at radius 1 is 1.28 bits per heavy atom. The highest BCUT2D eigenvalue weighted by Crippen LogP contribution is 2.26. The quantitative estimate of drug-likeness (QED) is 0.702. The Hall–Kier alpha value is -1.00. The molecule has 0 aliphatic heterocycles. The summed E-state index contributed by atoms with van der Waals surface area (Å²) < 4.78 is 27.4. The predicted octanol–water partition coefficient (Wildman–Crippen LogP) is 2.78. The first-order chi connectivity index (χ1) is 8.56. The average Bonchev–Trinajstić information content (AvgIpc) is 2.39. The van der Waals surface area contributed by atoms with Crippen molar-refractivity contribution < 1.29 is 13.9 Å². The Labute approximate surface area is 107 Å². The Morgan fingerprint density at radius 3 is 2.56 bits per heavy atom. The van der Waals surface area contributed by atoms with Gasteiger partial charge in [-0.25, -0.2) is 0 Å². The molecule has 102 valence electrons. The molecule has 0 fully saturated rings. The number of hydrogen-bond donors (Lipinski definition) is 2. The molecule has 0 aliphatic carbocycles. The zero-order chi connectivity index (χ0) is 13.4. The van der Waals surface area contributed by atoms with Crippen molar-refractivity contribution in [3.63, 3.8) is 0 Å². The van der Waals surface area contributed by atoms with Crippen LogP contribution in [-0.2, 0) is 5.92 Å². The molecule has 1 aromatic rings. The van der Waals surface area contributed by atoms with Gasteiger partial charge in [-0.05, 0) is 25.3 Å². The van der Waals surface area contributed by atoms with Crippen molar-refractivity contribution in [1.29, 1.82) is 0 Å². The van der Waals surface area contributed by atoms with Crippen LogP contribution in [0.5, 0.6) is 0 Å². The molecule has 2 N–H and O–H groups in total. The molecule has 1 atom stereocenters. The Bertz CT molecular complexity index is 330. The van der Waals surface area contributed by atoms with Crippen LogP contribution >= 0.6 is 0 Å². The predicted molar refractivity (Wildman–Crippen MR) is 68.7 cm³/mol. The van der Waals surface area contributed by atoms with Crippen molar-refractivity contribution in [3.05, 3.63) is 35.9 Å². The highest BCUT2D eigenvalue weighted by molar-refractivity contribution is 5.20. The summed E-state index contributed by atoms with van der Waals surface area (Å²) in [6, 6.07) is 7.84. The molecule has 0 radical (unpaired) electrons.